The first-order valence-electron chi connectivity index (χ1n) is 8.98. The van der Waals surface area contributed by atoms with Gasteiger partial charge in [-0.3, -0.25) is 9.79 Å². The maximum Gasteiger partial charge on any atom is 0.248 e. The average molecular weight is 429 g/mol. The van der Waals surface area contributed by atoms with Gasteiger partial charge in [-0.25, -0.2) is 0 Å². The molecule has 29 heavy (non-hydrogen) atoms. The summed E-state index contributed by atoms with van der Waals surface area (Å²) in [6, 6.07) is 14.7. The van der Waals surface area contributed by atoms with Gasteiger partial charge in [0, 0.05) is 29.6 Å². The lowest BCUT2D eigenvalue weighted by Gasteiger charge is -2.13. The highest BCUT2D eigenvalue weighted by atomic mass is 35.5. The van der Waals surface area contributed by atoms with Crippen LogP contribution in [0.25, 0.3) is 0 Å². The fraction of sp³-hybridized carbons (Fsp3) is 0.182. The second kappa shape index (κ2) is 10.1. The first-order valence-corrected chi connectivity index (χ1v) is 10.2. The summed E-state index contributed by atoms with van der Waals surface area (Å²) < 4.78 is 11.3. The molecule has 0 atom stereocenters. The van der Waals surface area contributed by atoms with Gasteiger partial charge < -0.3 is 15.2 Å². The molecule has 0 aliphatic rings. The summed E-state index contributed by atoms with van der Waals surface area (Å²) in [6.45, 7) is 0.931. The smallest absolute Gasteiger partial charge is 0.248 e. The van der Waals surface area contributed by atoms with Crippen LogP contribution in [0.4, 0.5) is 0 Å². The molecular formula is C22H21ClN2O3S. The van der Waals surface area contributed by atoms with Gasteiger partial charge in [0.25, 0.3) is 0 Å². The lowest BCUT2D eigenvalue weighted by molar-refractivity contribution is 0.1000. The zero-order valence-corrected chi connectivity index (χ0v) is 17.5. The molecule has 0 saturated heterocycles. The number of halogens is 1. The summed E-state index contributed by atoms with van der Waals surface area (Å²) in [5.41, 5.74) is 7.39. The van der Waals surface area contributed by atoms with Gasteiger partial charge in [0.05, 0.1) is 12.1 Å². The summed E-state index contributed by atoms with van der Waals surface area (Å²) in [5, 5.41) is 2.49. The van der Waals surface area contributed by atoms with Crippen molar-refractivity contribution in [2.45, 2.75) is 13.0 Å². The molecule has 0 aliphatic heterocycles. The minimum Gasteiger partial charge on any atom is -0.493 e. The minimum absolute atomic E-state index is 0.228. The van der Waals surface area contributed by atoms with E-state index in [0.717, 1.165) is 17.5 Å². The number of benzene rings is 2. The fourth-order valence-corrected chi connectivity index (χ4v) is 3.70. The van der Waals surface area contributed by atoms with Gasteiger partial charge in [-0.15, -0.1) is 11.3 Å². The van der Waals surface area contributed by atoms with Crippen LogP contribution in [0.3, 0.4) is 0 Å². The highest BCUT2D eigenvalue weighted by Gasteiger charge is 2.12. The summed E-state index contributed by atoms with van der Waals surface area (Å²) in [7, 11) is 1.56. The molecule has 1 heterocycles. The number of methoxy groups -OCH3 is 1. The number of nitrogens with zero attached hydrogens (tertiary/aromatic N) is 1. The van der Waals surface area contributed by atoms with Crippen molar-refractivity contribution in [2.24, 2.45) is 10.7 Å². The number of aliphatic imine (C=N–C) groups is 1. The summed E-state index contributed by atoms with van der Waals surface area (Å²) >= 11 is 8.14. The molecule has 3 aromatic rings. The highest BCUT2D eigenvalue weighted by Crippen LogP contribution is 2.36. The standard InChI is InChI=1S/C22H21ClN2O3S/c1-27-20-12-16(13-25-8-7-18-6-3-9-29-18)11-19(23)21(20)28-14-15-4-2-5-17(10-15)22(24)26/h2-6,9-13H,7-8,14H2,1H3,(H2,24,26). The van der Waals surface area contributed by atoms with Crippen molar-refractivity contribution in [1.82, 2.24) is 0 Å². The van der Waals surface area contributed by atoms with Crippen molar-refractivity contribution in [3.8, 4) is 11.5 Å². The van der Waals surface area contributed by atoms with Crippen LogP contribution >= 0.6 is 22.9 Å². The largest absolute Gasteiger partial charge is 0.493 e. The summed E-state index contributed by atoms with van der Waals surface area (Å²) in [6.07, 6.45) is 2.69. The first-order chi connectivity index (χ1) is 14.1. The van der Waals surface area contributed by atoms with Gasteiger partial charge >= 0.3 is 0 Å². The van der Waals surface area contributed by atoms with E-state index in [1.165, 1.54) is 4.88 Å². The third kappa shape index (κ3) is 5.82. The fourth-order valence-electron chi connectivity index (χ4n) is 2.72. The van der Waals surface area contributed by atoms with Crippen LogP contribution in [0.1, 0.15) is 26.4 Å². The number of rotatable bonds is 9. The van der Waals surface area contributed by atoms with E-state index in [-0.39, 0.29) is 6.61 Å². The normalized spacial score (nSPS) is 11.0. The van der Waals surface area contributed by atoms with E-state index in [2.05, 4.69) is 16.4 Å². The molecule has 0 saturated carbocycles. The van der Waals surface area contributed by atoms with E-state index in [1.807, 2.05) is 18.2 Å². The van der Waals surface area contributed by atoms with Crippen molar-refractivity contribution in [2.75, 3.05) is 13.7 Å². The molecule has 2 N–H and O–H groups in total. The van der Waals surface area contributed by atoms with E-state index >= 15 is 0 Å². The topological polar surface area (TPSA) is 73.9 Å². The quantitative estimate of drug-likeness (QED) is 0.500. The maximum atomic E-state index is 11.3. The third-order valence-electron chi connectivity index (χ3n) is 4.15. The van der Waals surface area contributed by atoms with Crippen molar-refractivity contribution >= 4 is 35.1 Å². The van der Waals surface area contributed by atoms with Crippen LogP contribution in [0.5, 0.6) is 11.5 Å². The first kappa shape index (κ1) is 20.9. The zero-order chi connectivity index (χ0) is 20.6. The van der Waals surface area contributed by atoms with Gasteiger partial charge in [-0.2, -0.15) is 0 Å². The minimum atomic E-state index is -0.481. The molecule has 5 nitrogen and oxygen atoms in total. The average Bonchev–Trinajstić information content (AvgIpc) is 3.23. The van der Waals surface area contributed by atoms with E-state index in [4.69, 9.17) is 26.8 Å². The number of hydrogen-bond acceptors (Lipinski definition) is 5. The number of hydrogen-bond donors (Lipinski definition) is 1. The van der Waals surface area contributed by atoms with Crippen LogP contribution in [0.15, 0.2) is 58.9 Å². The Hall–Kier alpha value is -2.83. The Morgan fingerprint density at radius 3 is 2.83 bits per heavy atom. The molecule has 0 unspecified atom stereocenters. The van der Waals surface area contributed by atoms with E-state index < -0.39 is 5.91 Å². The number of nitrogens with two attached hydrogens (primary N) is 1. The van der Waals surface area contributed by atoms with E-state index in [0.29, 0.717) is 28.6 Å². The Labute approximate surface area is 178 Å². The Morgan fingerprint density at radius 1 is 1.24 bits per heavy atom. The number of ether oxygens (including phenoxy) is 2. The van der Waals surface area contributed by atoms with Crippen molar-refractivity contribution < 1.29 is 14.3 Å². The maximum absolute atomic E-state index is 11.3. The molecule has 2 aromatic carbocycles. The third-order valence-corrected chi connectivity index (χ3v) is 5.37. The zero-order valence-electron chi connectivity index (χ0n) is 15.9. The molecule has 1 amide bonds. The van der Waals surface area contributed by atoms with Gasteiger partial charge in [0.1, 0.15) is 6.61 Å². The van der Waals surface area contributed by atoms with Gasteiger partial charge in [-0.05, 0) is 46.8 Å². The SMILES string of the molecule is COc1cc(C=NCCc2cccs2)cc(Cl)c1OCc1cccc(C(N)=O)c1. The van der Waals surface area contributed by atoms with Crippen molar-refractivity contribution in [3.05, 3.63) is 80.5 Å². The van der Waals surface area contributed by atoms with Crippen LogP contribution < -0.4 is 15.2 Å². The number of amides is 1. The number of primary amides is 1. The van der Waals surface area contributed by atoms with Gasteiger partial charge in [-0.1, -0.05) is 29.8 Å². The Balaban J connectivity index is 1.67. The second-order valence-corrected chi connectivity index (χ2v) is 7.69. The molecule has 3 rings (SSSR count). The lowest BCUT2D eigenvalue weighted by Crippen LogP contribution is -2.11. The monoisotopic (exact) mass is 428 g/mol. The Kier molecular flexibility index (Phi) is 7.27. The lowest BCUT2D eigenvalue weighted by atomic mass is 10.1. The molecule has 0 spiro atoms. The predicted molar refractivity (Wildman–Crippen MR) is 118 cm³/mol. The number of carbonyl (C=O) groups excluding carboxylic acids is 1. The van der Waals surface area contributed by atoms with Crippen LogP contribution in [-0.2, 0) is 13.0 Å². The molecule has 0 fully saturated rings. The Bertz CT molecular complexity index is 1000. The second-order valence-electron chi connectivity index (χ2n) is 6.25. The van der Waals surface area contributed by atoms with Gasteiger partial charge in [0.2, 0.25) is 5.91 Å². The van der Waals surface area contributed by atoms with Gasteiger partial charge in [0.15, 0.2) is 11.5 Å². The van der Waals surface area contributed by atoms with Crippen molar-refractivity contribution in [1.29, 1.82) is 0 Å². The van der Waals surface area contributed by atoms with E-state index in [1.54, 1.807) is 48.9 Å². The molecule has 0 aliphatic carbocycles. The van der Waals surface area contributed by atoms with E-state index in [9.17, 15) is 4.79 Å². The van der Waals surface area contributed by atoms with Crippen LogP contribution in [0, 0.1) is 0 Å². The Morgan fingerprint density at radius 2 is 2.10 bits per heavy atom. The number of carbonyl (C=O) groups is 1. The molecule has 0 radical (unpaired) electrons. The summed E-state index contributed by atoms with van der Waals surface area (Å²) in [5.74, 6) is 0.475. The molecule has 0 bridgehead atoms. The summed E-state index contributed by atoms with van der Waals surface area (Å²) in [4.78, 5) is 17.1. The highest BCUT2D eigenvalue weighted by molar-refractivity contribution is 7.09. The predicted octanol–water partition coefficient (Wildman–Crippen LogP) is 4.75. The number of thiophene rings is 1. The molecule has 7 heteroatoms. The van der Waals surface area contributed by atoms with Crippen molar-refractivity contribution in [3.63, 3.8) is 0 Å². The molecule has 1 aromatic heterocycles. The molecular weight excluding hydrogens is 408 g/mol. The molecule has 150 valence electrons. The van der Waals surface area contributed by atoms with Crippen LogP contribution in [0.2, 0.25) is 5.02 Å². The van der Waals surface area contributed by atoms with Crippen LogP contribution in [-0.4, -0.2) is 25.8 Å².